The molecule has 0 bridgehead atoms. The summed E-state index contributed by atoms with van der Waals surface area (Å²) in [6.07, 6.45) is 5.29. The maximum absolute atomic E-state index is 3.49. The average molecular weight is 260 g/mol. The van der Waals surface area contributed by atoms with Crippen molar-refractivity contribution >= 4 is 0 Å². The quantitative estimate of drug-likeness (QED) is 0.811. The maximum Gasteiger partial charge on any atom is 0.00218 e. The lowest BCUT2D eigenvalue weighted by molar-refractivity contribution is 0.171. The molecule has 106 valence electrons. The zero-order chi connectivity index (χ0) is 13.3. The van der Waals surface area contributed by atoms with Crippen LogP contribution in [0.15, 0.2) is 30.3 Å². The van der Waals surface area contributed by atoms with Gasteiger partial charge in [-0.1, -0.05) is 37.3 Å². The van der Waals surface area contributed by atoms with Gasteiger partial charge in [0.1, 0.15) is 0 Å². The van der Waals surface area contributed by atoms with Gasteiger partial charge < -0.3 is 10.2 Å². The van der Waals surface area contributed by atoms with Gasteiger partial charge in [0.05, 0.1) is 0 Å². The van der Waals surface area contributed by atoms with Crippen molar-refractivity contribution in [2.24, 2.45) is 5.92 Å². The molecular formula is C17H28N2. The van der Waals surface area contributed by atoms with Crippen LogP contribution in [0.3, 0.4) is 0 Å². The summed E-state index contributed by atoms with van der Waals surface area (Å²) < 4.78 is 0. The van der Waals surface area contributed by atoms with E-state index in [1.54, 1.807) is 0 Å². The van der Waals surface area contributed by atoms with Crippen molar-refractivity contribution in [2.75, 3.05) is 32.7 Å². The second-order valence-corrected chi connectivity index (χ2v) is 5.71. The fourth-order valence-corrected chi connectivity index (χ4v) is 3.02. The van der Waals surface area contributed by atoms with Crippen LogP contribution in [0.1, 0.15) is 31.7 Å². The molecule has 1 fully saturated rings. The van der Waals surface area contributed by atoms with E-state index in [1.165, 1.54) is 57.4 Å². The smallest absolute Gasteiger partial charge is 0.00218 e. The van der Waals surface area contributed by atoms with E-state index in [9.17, 15) is 0 Å². The first-order chi connectivity index (χ1) is 9.38. The molecule has 1 saturated heterocycles. The minimum Gasteiger partial charge on any atom is -0.317 e. The lowest BCUT2D eigenvalue weighted by Crippen LogP contribution is -2.40. The summed E-state index contributed by atoms with van der Waals surface area (Å²) in [7, 11) is 0. The summed E-state index contributed by atoms with van der Waals surface area (Å²) in [6, 6.07) is 10.9. The standard InChI is InChI=1S/C17H28N2/c1-2-18-14-17-11-7-13-19(15-17)12-6-10-16-8-4-3-5-9-16/h3-5,8-9,17-18H,2,6-7,10-15H2,1H3. The normalized spacial score (nSPS) is 20.6. The number of hydrogen-bond donors (Lipinski definition) is 1. The number of hydrogen-bond acceptors (Lipinski definition) is 2. The second kappa shape index (κ2) is 8.34. The number of benzene rings is 1. The van der Waals surface area contributed by atoms with Gasteiger partial charge in [-0.2, -0.15) is 0 Å². The van der Waals surface area contributed by atoms with Crippen molar-refractivity contribution in [2.45, 2.75) is 32.6 Å². The Hall–Kier alpha value is -0.860. The molecule has 1 atom stereocenters. The molecule has 2 heteroatoms. The van der Waals surface area contributed by atoms with Gasteiger partial charge in [-0.3, -0.25) is 0 Å². The lowest BCUT2D eigenvalue weighted by atomic mass is 9.97. The SMILES string of the molecule is CCNCC1CCCN(CCCc2ccccc2)C1. The highest BCUT2D eigenvalue weighted by molar-refractivity contribution is 5.14. The highest BCUT2D eigenvalue weighted by Crippen LogP contribution is 2.16. The molecule has 2 rings (SSSR count). The van der Waals surface area contributed by atoms with Gasteiger partial charge in [-0.25, -0.2) is 0 Å². The molecule has 0 saturated carbocycles. The monoisotopic (exact) mass is 260 g/mol. The third-order valence-electron chi connectivity index (χ3n) is 4.07. The van der Waals surface area contributed by atoms with Crippen LogP contribution in [-0.2, 0) is 6.42 Å². The van der Waals surface area contributed by atoms with Crippen LogP contribution in [0.2, 0.25) is 0 Å². The fourth-order valence-electron chi connectivity index (χ4n) is 3.02. The van der Waals surface area contributed by atoms with Gasteiger partial charge in [0.2, 0.25) is 0 Å². The molecule has 0 amide bonds. The first-order valence-electron chi connectivity index (χ1n) is 7.85. The molecule has 0 spiro atoms. The Labute approximate surface area is 118 Å². The Morgan fingerprint density at radius 1 is 1.26 bits per heavy atom. The highest BCUT2D eigenvalue weighted by Gasteiger charge is 2.18. The molecule has 1 aromatic carbocycles. The minimum atomic E-state index is 0.866. The third kappa shape index (κ3) is 5.33. The number of piperidine rings is 1. The maximum atomic E-state index is 3.49. The van der Waals surface area contributed by atoms with Crippen molar-refractivity contribution in [3.63, 3.8) is 0 Å². The average Bonchev–Trinajstić information content (AvgIpc) is 2.47. The molecule has 0 radical (unpaired) electrons. The van der Waals surface area contributed by atoms with E-state index in [0.29, 0.717) is 0 Å². The van der Waals surface area contributed by atoms with Gasteiger partial charge in [-0.15, -0.1) is 0 Å². The summed E-state index contributed by atoms with van der Waals surface area (Å²) in [5.74, 6) is 0.866. The Balaban J connectivity index is 1.65. The minimum absolute atomic E-state index is 0.866. The molecule has 1 heterocycles. The van der Waals surface area contributed by atoms with Crippen LogP contribution in [0.25, 0.3) is 0 Å². The summed E-state index contributed by atoms with van der Waals surface area (Å²) in [5.41, 5.74) is 1.48. The van der Waals surface area contributed by atoms with Crippen LogP contribution >= 0.6 is 0 Å². The van der Waals surface area contributed by atoms with E-state index in [1.807, 2.05) is 0 Å². The number of rotatable bonds is 7. The number of nitrogens with zero attached hydrogens (tertiary/aromatic N) is 1. The molecule has 1 N–H and O–H groups in total. The van der Waals surface area contributed by atoms with Crippen LogP contribution in [0.5, 0.6) is 0 Å². The van der Waals surface area contributed by atoms with E-state index in [2.05, 4.69) is 47.5 Å². The molecule has 1 unspecified atom stereocenters. The summed E-state index contributed by atoms with van der Waals surface area (Å²) in [5, 5.41) is 3.49. The van der Waals surface area contributed by atoms with Crippen molar-refractivity contribution in [3.8, 4) is 0 Å². The van der Waals surface area contributed by atoms with Crippen molar-refractivity contribution < 1.29 is 0 Å². The van der Waals surface area contributed by atoms with Crippen LogP contribution < -0.4 is 5.32 Å². The summed E-state index contributed by atoms with van der Waals surface area (Å²) >= 11 is 0. The number of aryl methyl sites for hydroxylation is 1. The van der Waals surface area contributed by atoms with Gasteiger partial charge >= 0.3 is 0 Å². The molecule has 0 aromatic heterocycles. The van der Waals surface area contributed by atoms with Gasteiger partial charge in [0.15, 0.2) is 0 Å². The Kier molecular flexibility index (Phi) is 6.38. The van der Waals surface area contributed by atoms with Gasteiger partial charge in [0.25, 0.3) is 0 Å². The fraction of sp³-hybridized carbons (Fsp3) is 0.647. The van der Waals surface area contributed by atoms with Gasteiger partial charge in [0, 0.05) is 6.54 Å². The molecule has 0 aliphatic carbocycles. The Morgan fingerprint density at radius 2 is 2.11 bits per heavy atom. The zero-order valence-electron chi connectivity index (χ0n) is 12.3. The molecule has 2 nitrogen and oxygen atoms in total. The predicted molar refractivity (Wildman–Crippen MR) is 82.5 cm³/mol. The number of nitrogens with one attached hydrogen (secondary N) is 1. The van der Waals surface area contributed by atoms with Gasteiger partial charge in [-0.05, 0) is 63.3 Å². The molecular weight excluding hydrogens is 232 g/mol. The zero-order valence-corrected chi connectivity index (χ0v) is 12.3. The lowest BCUT2D eigenvalue weighted by Gasteiger charge is -2.32. The second-order valence-electron chi connectivity index (χ2n) is 5.71. The third-order valence-corrected chi connectivity index (χ3v) is 4.07. The predicted octanol–water partition coefficient (Wildman–Crippen LogP) is 2.94. The van der Waals surface area contributed by atoms with E-state index in [0.717, 1.165) is 12.5 Å². The molecule has 1 aromatic rings. The van der Waals surface area contributed by atoms with Crippen molar-refractivity contribution in [3.05, 3.63) is 35.9 Å². The molecule has 1 aliphatic rings. The van der Waals surface area contributed by atoms with Crippen LogP contribution in [0, 0.1) is 5.92 Å². The van der Waals surface area contributed by atoms with E-state index >= 15 is 0 Å². The van der Waals surface area contributed by atoms with Crippen LogP contribution in [0.4, 0.5) is 0 Å². The van der Waals surface area contributed by atoms with Crippen molar-refractivity contribution in [1.29, 1.82) is 0 Å². The topological polar surface area (TPSA) is 15.3 Å². The van der Waals surface area contributed by atoms with E-state index < -0.39 is 0 Å². The van der Waals surface area contributed by atoms with Crippen LogP contribution in [-0.4, -0.2) is 37.6 Å². The first-order valence-corrected chi connectivity index (χ1v) is 7.85. The van der Waals surface area contributed by atoms with Crippen molar-refractivity contribution in [1.82, 2.24) is 10.2 Å². The van der Waals surface area contributed by atoms with E-state index in [-0.39, 0.29) is 0 Å². The Morgan fingerprint density at radius 3 is 2.89 bits per heavy atom. The first kappa shape index (κ1) is 14.5. The largest absolute Gasteiger partial charge is 0.317 e. The van der Waals surface area contributed by atoms with E-state index in [4.69, 9.17) is 0 Å². The number of likely N-dealkylation sites (tertiary alicyclic amines) is 1. The molecule has 19 heavy (non-hydrogen) atoms. The highest BCUT2D eigenvalue weighted by atomic mass is 15.1. The summed E-state index contributed by atoms with van der Waals surface area (Å²) in [4.78, 5) is 2.66. The summed E-state index contributed by atoms with van der Waals surface area (Å²) in [6.45, 7) is 8.35. The molecule has 1 aliphatic heterocycles. The Bertz CT molecular complexity index is 336.